The molecule has 1 aromatic carbocycles. The van der Waals surface area contributed by atoms with Crippen molar-refractivity contribution < 1.29 is 12.8 Å². The van der Waals surface area contributed by atoms with Crippen molar-refractivity contribution in [1.82, 2.24) is 0 Å². The quantitative estimate of drug-likeness (QED) is 0.799. The van der Waals surface area contributed by atoms with Crippen LogP contribution in [0.3, 0.4) is 0 Å². The van der Waals surface area contributed by atoms with Gasteiger partial charge >= 0.3 is 0 Å². The lowest BCUT2D eigenvalue weighted by molar-refractivity contribution is 0.600. The number of nitrogens with one attached hydrogen (secondary N) is 1. The van der Waals surface area contributed by atoms with E-state index in [1.807, 2.05) is 0 Å². The van der Waals surface area contributed by atoms with Gasteiger partial charge in [0, 0.05) is 12.2 Å². The maximum Gasteiger partial charge on any atom is 0.233 e. The molecule has 16 heavy (non-hydrogen) atoms. The van der Waals surface area contributed by atoms with Crippen LogP contribution in [0.2, 0.25) is 0 Å². The fourth-order valence-electron chi connectivity index (χ4n) is 1.06. The number of rotatable bonds is 4. The fourth-order valence-corrected chi connectivity index (χ4v) is 1.96. The summed E-state index contributed by atoms with van der Waals surface area (Å²) < 4.78 is 37.8. The second kappa shape index (κ2) is 4.92. The molecule has 0 heterocycles. The first-order valence-electron chi connectivity index (χ1n) is 4.39. The van der Waals surface area contributed by atoms with Gasteiger partial charge < -0.3 is 5.73 Å². The van der Waals surface area contributed by atoms with Gasteiger partial charge in [0.2, 0.25) is 10.0 Å². The summed E-state index contributed by atoms with van der Waals surface area (Å²) in [5.74, 6) is -0.920. The van der Waals surface area contributed by atoms with E-state index >= 15 is 0 Å². The molecule has 0 atom stereocenters. The van der Waals surface area contributed by atoms with E-state index in [4.69, 9.17) is 11.0 Å². The number of sulfonamides is 1. The van der Waals surface area contributed by atoms with Crippen molar-refractivity contribution >= 4 is 15.7 Å². The van der Waals surface area contributed by atoms with E-state index in [0.29, 0.717) is 0 Å². The first-order valence-corrected chi connectivity index (χ1v) is 6.04. The van der Waals surface area contributed by atoms with Gasteiger partial charge in [-0.15, -0.1) is 0 Å². The van der Waals surface area contributed by atoms with Crippen LogP contribution in [0.25, 0.3) is 0 Å². The number of hydrogen-bond acceptors (Lipinski definition) is 4. The highest BCUT2D eigenvalue weighted by molar-refractivity contribution is 7.92. The Morgan fingerprint density at radius 1 is 1.50 bits per heavy atom. The van der Waals surface area contributed by atoms with Crippen LogP contribution >= 0.6 is 0 Å². The van der Waals surface area contributed by atoms with Gasteiger partial charge in [0.1, 0.15) is 11.9 Å². The predicted molar refractivity (Wildman–Crippen MR) is 57.6 cm³/mol. The molecule has 0 amide bonds. The summed E-state index contributed by atoms with van der Waals surface area (Å²) in [6.45, 7) is -0.0123. The first-order chi connectivity index (χ1) is 7.48. The van der Waals surface area contributed by atoms with Crippen LogP contribution in [0.4, 0.5) is 10.1 Å². The van der Waals surface area contributed by atoms with E-state index < -0.39 is 15.8 Å². The van der Waals surface area contributed by atoms with Crippen molar-refractivity contribution in [2.45, 2.75) is 0 Å². The van der Waals surface area contributed by atoms with E-state index in [-0.39, 0.29) is 23.5 Å². The minimum atomic E-state index is -3.53. The van der Waals surface area contributed by atoms with Crippen molar-refractivity contribution in [3.8, 4) is 6.07 Å². The molecule has 0 saturated carbocycles. The minimum absolute atomic E-state index is 0.0123. The molecule has 5 nitrogen and oxygen atoms in total. The van der Waals surface area contributed by atoms with Crippen molar-refractivity contribution in [2.24, 2.45) is 5.73 Å². The number of anilines is 1. The molecule has 0 unspecified atom stereocenters. The minimum Gasteiger partial charge on any atom is -0.329 e. The predicted octanol–water partition coefficient (Wildman–Crippen LogP) is 0.398. The van der Waals surface area contributed by atoms with Gasteiger partial charge in [-0.3, -0.25) is 4.72 Å². The second-order valence-electron chi connectivity index (χ2n) is 3.02. The summed E-state index contributed by atoms with van der Waals surface area (Å²) in [6, 6.07) is 5.01. The Morgan fingerprint density at radius 2 is 2.19 bits per heavy atom. The Hall–Kier alpha value is -1.65. The summed E-state index contributed by atoms with van der Waals surface area (Å²) in [5.41, 5.74) is 5.05. The molecule has 0 radical (unpaired) electrons. The van der Waals surface area contributed by atoms with E-state index in [9.17, 15) is 12.8 Å². The molecule has 3 N–H and O–H groups in total. The molecule has 0 bridgehead atoms. The SMILES string of the molecule is N#Cc1cc(NS(=O)(=O)CCN)ccc1F. The molecule has 0 spiro atoms. The number of benzene rings is 1. The van der Waals surface area contributed by atoms with E-state index in [0.717, 1.165) is 12.1 Å². The highest BCUT2D eigenvalue weighted by atomic mass is 32.2. The van der Waals surface area contributed by atoms with Crippen LogP contribution in [0.5, 0.6) is 0 Å². The standard InChI is InChI=1S/C9H10FN3O2S/c10-9-2-1-8(5-7(9)6-12)13-16(14,15)4-3-11/h1-2,5,13H,3-4,11H2. The zero-order valence-corrected chi connectivity index (χ0v) is 9.09. The number of hydrogen-bond donors (Lipinski definition) is 2. The number of nitrogens with zero attached hydrogens (tertiary/aromatic N) is 1. The Labute approximate surface area is 92.7 Å². The van der Waals surface area contributed by atoms with Crippen molar-refractivity contribution in [1.29, 1.82) is 5.26 Å². The summed E-state index contributed by atoms with van der Waals surface area (Å²) in [7, 11) is -3.53. The van der Waals surface area contributed by atoms with Gasteiger partial charge in [0.05, 0.1) is 11.3 Å². The van der Waals surface area contributed by atoms with Gasteiger partial charge in [-0.2, -0.15) is 5.26 Å². The fraction of sp³-hybridized carbons (Fsp3) is 0.222. The zero-order valence-electron chi connectivity index (χ0n) is 8.27. The molecule has 0 saturated heterocycles. The van der Waals surface area contributed by atoms with E-state index in [2.05, 4.69) is 4.72 Å². The van der Waals surface area contributed by atoms with Crippen LogP contribution in [-0.4, -0.2) is 20.7 Å². The summed E-state index contributed by atoms with van der Waals surface area (Å²) in [6.07, 6.45) is 0. The molecule has 1 aromatic rings. The maximum absolute atomic E-state index is 12.9. The summed E-state index contributed by atoms with van der Waals surface area (Å²) >= 11 is 0. The van der Waals surface area contributed by atoms with Crippen LogP contribution in [0, 0.1) is 17.1 Å². The van der Waals surface area contributed by atoms with Crippen LogP contribution in [-0.2, 0) is 10.0 Å². The van der Waals surface area contributed by atoms with Crippen molar-refractivity contribution in [3.05, 3.63) is 29.6 Å². The monoisotopic (exact) mass is 243 g/mol. The third-order valence-electron chi connectivity index (χ3n) is 1.75. The summed E-state index contributed by atoms with van der Waals surface area (Å²) in [4.78, 5) is 0. The van der Waals surface area contributed by atoms with Gasteiger partial charge in [-0.05, 0) is 18.2 Å². The van der Waals surface area contributed by atoms with Crippen molar-refractivity contribution in [3.63, 3.8) is 0 Å². The largest absolute Gasteiger partial charge is 0.329 e. The first kappa shape index (κ1) is 12.4. The van der Waals surface area contributed by atoms with Gasteiger partial charge in [-0.1, -0.05) is 0 Å². The Kier molecular flexibility index (Phi) is 3.82. The molecule has 0 aliphatic rings. The molecular formula is C9H10FN3O2S. The summed E-state index contributed by atoms with van der Waals surface area (Å²) in [5, 5.41) is 8.56. The molecule has 0 aliphatic heterocycles. The zero-order chi connectivity index (χ0) is 12.2. The normalized spacial score (nSPS) is 10.8. The average Bonchev–Trinajstić information content (AvgIpc) is 2.20. The van der Waals surface area contributed by atoms with E-state index in [1.54, 1.807) is 6.07 Å². The molecule has 0 aliphatic carbocycles. The lowest BCUT2D eigenvalue weighted by Crippen LogP contribution is -2.22. The van der Waals surface area contributed by atoms with Crippen LogP contribution in [0.15, 0.2) is 18.2 Å². The van der Waals surface area contributed by atoms with Crippen LogP contribution < -0.4 is 10.5 Å². The van der Waals surface area contributed by atoms with Gasteiger partial charge in [0.25, 0.3) is 0 Å². The Morgan fingerprint density at radius 3 is 2.75 bits per heavy atom. The molecule has 0 fully saturated rings. The Balaban J connectivity index is 2.96. The Bertz CT molecular complexity index is 522. The molecule has 7 heteroatoms. The topological polar surface area (TPSA) is 96.0 Å². The van der Waals surface area contributed by atoms with Gasteiger partial charge in [-0.25, -0.2) is 12.8 Å². The maximum atomic E-state index is 12.9. The number of halogens is 1. The molecule has 1 rings (SSSR count). The van der Waals surface area contributed by atoms with Gasteiger partial charge in [0.15, 0.2) is 0 Å². The number of nitriles is 1. The highest BCUT2D eigenvalue weighted by Gasteiger charge is 2.10. The molecular weight excluding hydrogens is 233 g/mol. The third-order valence-corrected chi connectivity index (χ3v) is 3.07. The van der Waals surface area contributed by atoms with Crippen LogP contribution in [0.1, 0.15) is 5.56 Å². The average molecular weight is 243 g/mol. The second-order valence-corrected chi connectivity index (χ2v) is 4.86. The smallest absolute Gasteiger partial charge is 0.233 e. The molecule has 0 aromatic heterocycles. The molecule has 86 valence electrons. The van der Waals surface area contributed by atoms with E-state index in [1.165, 1.54) is 6.07 Å². The highest BCUT2D eigenvalue weighted by Crippen LogP contribution is 2.15. The number of nitrogens with two attached hydrogens (primary N) is 1. The van der Waals surface area contributed by atoms with Crippen molar-refractivity contribution in [2.75, 3.05) is 17.0 Å². The third kappa shape index (κ3) is 3.18. The lowest BCUT2D eigenvalue weighted by atomic mass is 10.2. The lowest BCUT2D eigenvalue weighted by Gasteiger charge is -2.07.